The lowest BCUT2D eigenvalue weighted by Gasteiger charge is -2.17. The van der Waals surface area contributed by atoms with Gasteiger partial charge >= 0.3 is 0 Å². The van der Waals surface area contributed by atoms with Gasteiger partial charge in [0.25, 0.3) is 0 Å². The maximum atomic E-state index is 12.5. The molecule has 2 aromatic rings. The number of nitrogens with zero attached hydrogens (tertiary/aromatic N) is 1. The van der Waals surface area contributed by atoms with Gasteiger partial charge in [0, 0.05) is 24.0 Å². The highest BCUT2D eigenvalue weighted by atomic mass is 35.5. The van der Waals surface area contributed by atoms with E-state index in [2.05, 4.69) is 12.1 Å². The summed E-state index contributed by atoms with van der Waals surface area (Å²) < 4.78 is 0. The second-order valence-corrected chi connectivity index (χ2v) is 6.25. The first kappa shape index (κ1) is 15.1. The smallest absolute Gasteiger partial charge is 0.226 e. The van der Waals surface area contributed by atoms with Gasteiger partial charge in [-0.15, -0.1) is 0 Å². The molecule has 1 heterocycles. The monoisotopic (exact) mass is 313 g/mol. The molecule has 3 rings (SSSR count). The summed E-state index contributed by atoms with van der Waals surface area (Å²) in [4.78, 5) is 14.5. The van der Waals surface area contributed by atoms with Crippen molar-refractivity contribution in [1.82, 2.24) is 4.90 Å². The van der Waals surface area contributed by atoms with Gasteiger partial charge in [0.15, 0.2) is 0 Å². The molecule has 1 aliphatic rings. The van der Waals surface area contributed by atoms with Crippen LogP contribution in [0.3, 0.4) is 0 Å². The van der Waals surface area contributed by atoms with Gasteiger partial charge in [-0.25, -0.2) is 0 Å². The fourth-order valence-electron chi connectivity index (χ4n) is 3.05. The molecule has 1 unspecified atom stereocenters. The van der Waals surface area contributed by atoms with Crippen molar-refractivity contribution < 1.29 is 4.79 Å². The van der Waals surface area contributed by atoms with Crippen LogP contribution >= 0.6 is 11.6 Å². The molecule has 3 heteroatoms. The standard InChI is InChI=1S/C19H20ClNO/c20-18-9-5-4-8-16(18)14-17-11-13-21(19(17)22)12-10-15-6-2-1-3-7-15/h1-9,17H,10-14H2. The molecule has 2 aromatic carbocycles. The largest absolute Gasteiger partial charge is 0.342 e. The number of carbonyl (C=O) groups is 1. The lowest BCUT2D eigenvalue weighted by molar-refractivity contribution is -0.130. The summed E-state index contributed by atoms with van der Waals surface area (Å²) in [5, 5.41) is 0.762. The van der Waals surface area contributed by atoms with Crippen LogP contribution in [0, 0.1) is 5.92 Å². The molecule has 1 fully saturated rings. The Bertz CT molecular complexity index is 641. The van der Waals surface area contributed by atoms with Crippen molar-refractivity contribution in [2.45, 2.75) is 19.3 Å². The van der Waals surface area contributed by atoms with Crippen molar-refractivity contribution in [2.75, 3.05) is 13.1 Å². The SMILES string of the molecule is O=C1C(Cc2ccccc2Cl)CCN1CCc1ccccc1. The fourth-order valence-corrected chi connectivity index (χ4v) is 3.27. The molecule has 1 saturated heterocycles. The number of hydrogen-bond donors (Lipinski definition) is 0. The Hall–Kier alpha value is -1.80. The molecule has 114 valence electrons. The number of amides is 1. The van der Waals surface area contributed by atoms with Crippen molar-refractivity contribution >= 4 is 17.5 Å². The molecule has 2 nitrogen and oxygen atoms in total. The number of carbonyl (C=O) groups excluding carboxylic acids is 1. The molecule has 0 aromatic heterocycles. The van der Waals surface area contributed by atoms with E-state index in [1.807, 2.05) is 47.4 Å². The first-order valence-electron chi connectivity index (χ1n) is 7.80. The summed E-state index contributed by atoms with van der Waals surface area (Å²) in [7, 11) is 0. The quantitative estimate of drug-likeness (QED) is 0.818. The summed E-state index contributed by atoms with van der Waals surface area (Å²) in [6.07, 6.45) is 2.60. The number of benzene rings is 2. The van der Waals surface area contributed by atoms with Crippen LogP contribution in [0.15, 0.2) is 54.6 Å². The normalized spacial score (nSPS) is 18.0. The molecular formula is C19H20ClNO. The first-order chi connectivity index (χ1) is 10.7. The highest BCUT2D eigenvalue weighted by Crippen LogP contribution is 2.26. The third-order valence-corrected chi connectivity index (χ3v) is 4.71. The molecular weight excluding hydrogens is 294 g/mol. The predicted octanol–water partition coefficient (Wildman–Crippen LogP) is 3.97. The van der Waals surface area contributed by atoms with Gasteiger partial charge in [-0.1, -0.05) is 60.1 Å². The van der Waals surface area contributed by atoms with Crippen molar-refractivity contribution in [3.05, 3.63) is 70.7 Å². The minimum absolute atomic E-state index is 0.0793. The zero-order valence-electron chi connectivity index (χ0n) is 12.5. The van der Waals surface area contributed by atoms with E-state index in [0.717, 1.165) is 42.9 Å². The van der Waals surface area contributed by atoms with Crippen LogP contribution in [-0.2, 0) is 17.6 Å². The molecule has 1 atom stereocenters. The molecule has 1 amide bonds. The number of likely N-dealkylation sites (tertiary alicyclic amines) is 1. The summed E-state index contributed by atoms with van der Waals surface area (Å²) in [6, 6.07) is 18.1. The summed E-state index contributed by atoms with van der Waals surface area (Å²) in [6.45, 7) is 1.67. The molecule has 0 radical (unpaired) electrons. The van der Waals surface area contributed by atoms with E-state index in [-0.39, 0.29) is 11.8 Å². The average Bonchev–Trinajstić information content (AvgIpc) is 2.89. The van der Waals surface area contributed by atoms with Crippen molar-refractivity contribution in [3.63, 3.8) is 0 Å². The van der Waals surface area contributed by atoms with Gasteiger partial charge in [-0.3, -0.25) is 4.79 Å². The van der Waals surface area contributed by atoms with Crippen LogP contribution in [0.5, 0.6) is 0 Å². The number of halogens is 1. The van der Waals surface area contributed by atoms with Crippen LogP contribution < -0.4 is 0 Å². The minimum atomic E-state index is 0.0793. The maximum absolute atomic E-state index is 12.5. The van der Waals surface area contributed by atoms with E-state index in [1.165, 1.54) is 5.56 Å². The van der Waals surface area contributed by atoms with Crippen LogP contribution in [0.4, 0.5) is 0 Å². The number of hydrogen-bond acceptors (Lipinski definition) is 1. The Labute approximate surface area is 136 Å². The summed E-state index contributed by atoms with van der Waals surface area (Å²) in [5.41, 5.74) is 2.36. The molecule has 1 aliphatic heterocycles. The van der Waals surface area contributed by atoms with Crippen molar-refractivity contribution in [3.8, 4) is 0 Å². The van der Waals surface area contributed by atoms with E-state index in [1.54, 1.807) is 0 Å². The molecule has 0 aliphatic carbocycles. The van der Waals surface area contributed by atoms with E-state index >= 15 is 0 Å². The van der Waals surface area contributed by atoms with Crippen molar-refractivity contribution in [1.29, 1.82) is 0 Å². The Kier molecular flexibility index (Phi) is 4.79. The molecule has 0 saturated carbocycles. The Morgan fingerprint density at radius 2 is 1.77 bits per heavy atom. The summed E-state index contributed by atoms with van der Waals surface area (Å²) in [5.74, 6) is 0.353. The third-order valence-electron chi connectivity index (χ3n) is 4.35. The predicted molar refractivity (Wildman–Crippen MR) is 90.0 cm³/mol. The summed E-state index contributed by atoms with van der Waals surface area (Å²) >= 11 is 6.20. The Morgan fingerprint density at radius 3 is 2.55 bits per heavy atom. The van der Waals surface area contributed by atoms with Gasteiger partial charge in [-0.2, -0.15) is 0 Å². The molecule has 0 N–H and O–H groups in total. The molecule has 0 bridgehead atoms. The molecule has 0 spiro atoms. The van der Waals surface area contributed by atoms with Crippen LogP contribution in [0.25, 0.3) is 0 Å². The maximum Gasteiger partial charge on any atom is 0.226 e. The zero-order valence-corrected chi connectivity index (χ0v) is 13.3. The average molecular weight is 314 g/mol. The van der Waals surface area contributed by atoms with E-state index in [4.69, 9.17) is 11.6 Å². The van der Waals surface area contributed by atoms with Gasteiger partial charge < -0.3 is 4.90 Å². The second-order valence-electron chi connectivity index (χ2n) is 5.84. The third kappa shape index (κ3) is 3.50. The van der Waals surface area contributed by atoms with E-state index in [9.17, 15) is 4.79 Å². The fraction of sp³-hybridized carbons (Fsp3) is 0.316. The second kappa shape index (κ2) is 6.97. The minimum Gasteiger partial charge on any atom is -0.342 e. The topological polar surface area (TPSA) is 20.3 Å². The van der Waals surface area contributed by atoms with E-state index in [0.29, 0.717) is 0 Å². The van der Waals surface area contributed by atoms with Crippen LogP contribution in [-0.4, -0.2) is 23.9 Å². The molecule has 22 heavy (non-hydrogen) atoms. The lowest BCUT2D eigenvalue weighted by atomic mass is 9.98. The first-order valence-corrected chi connectivity index (χ1v) is 8.18. The lowest BCUT2D eigenvalue weighted by Crippen LogP contribution is -2.30. The Morgan fingerprint density at radius 1 is 1.05 bits per heavy atom. The van der Waals surface area contributed by atoms with Gasteiger partial charge in [-0.05, 0) is 36.5 Å². The van der Waals surface area contributed by atoms with Gasteiger partial charge in [0.2, 0.25) is 5.91 Å². The highest BCUT2D eigenvalue weighted by Gasteiger charge is 2.31. The number of rotatable bonds is 5. The zero-order chi connectivity index (χ0) is 15.4. The Balaban J connectivity index is 1.57. The van der Waals surface area contributed by atoms with Gasteiger partial charge in [0.1, 0.15) is 0 Å². The van der Waals surface area contributed by atoms with Crippen LogP contribution in [0.1, 0.15) is 17.5 Å². The van der Waals surface area contributed by atoms with Gasteiger partial charge in [0.05, 0.1) is 0 Å². The highest BCUT2D eigenvalue weighted by molar-refractivity contribution is 6.31. The van der Waals surface area contributed by atoms with Crippen LogP contribution in [0.2, 0.25) is 5.02 Å². The van der Waals surface area contributed by atoms with E-state index < -0.39 is 0 Å². The van der Waals surface area contributed by atoms with Crippen molar-refractivity contribution in [2.24, 2.45) is 5.92 Å².